The molecule has 3 nitrogen and oxygen atoms in total. The Kier molecular flexibility index (Phi) is 6.03. The second kappa shape index (κ2) is 8.01. The zero-order valence-electron chi connectivity index (χ0n) is 12.8. The van der Waals surface area contributed by atoms with Crippen LogP contribution in [0.4, 0.5) is 9.18 Å². The fourth-order valence-corrected chi connectivity index (χ4v) is 2.98. The first kappa shape index (κ1) is 15.8. The summed E-state index contributed by atoms with van der Waals surface area (Å²) >= 11 is 0. The van der Waals surface area contributed by atoms with Crippen molar-refractivity contribution in [1.29, 1.82) is 0 Å². The van der Waals surface area contributed by atoms with Crippen LogP contribution in [0.15, 0.2) is 24.3 Å². The van der Waals surface area contributed by atoms with Gasteiger partial charge < -0.3 is 10.2 Å². The van der Waals surface area contributed by atoms with Crippen molar-refractivity contribution in [1.82, 2.24) is 10.2 Å². The molecule has 2 amide bonds. The third kappa shape index (κ3) is 5.37. The molecule has 1 N–H and O–H groups in total. The average molecular weight is 292 g/mol. The second-order valence-corrected chi connectivity index (χ2v) is 6.00. The summed E-state index contributed by atoms with van der Waals surface area (Å²) in [6.07, 6.45) is 7.04. The van der Waals surface area contributed by atoms with Crippen molar-refractivity contribution in [2.24, 2.45) is 5.92 Å². The Hall–Kier alpha value is -1.58. The van der Waals surface area contributed by atoms with Gasteiger partial charge >= 0.3 is 6.03 Å². The molecular weight excluding hydrogens is 267 g/mol. The van der Waals surface area contributed by atoms with Gasteiger partial charge in [0.05, 0.1) is 0 Å². The van der Waals surface area contributed by atoms with Crippen molar-refractivity contribution in [2.75, 3.05) is 20.1 Å². The topological polar surface area (TPSA) is 32.3 Å². The lowest BCUT2D eigenvalue weighted by atomic mass is 9.89. The number of carbonyl (C=O) groups is 1. The molecule has 0 unspecified atom stereocenters. The first-order valence-corrected chi connectivity index (χ1v) is 7.88. The highest BCUT2D eigenvalue weighted by Crippen LogP contribution is 2.24. The summed E-state index contributed by atoms with van der Waals surface area (Å²) in [5, 5.41) is 2.90. The molecule has 0 radical (unpaired) electrons. The fraction of sp³-hybridized carbons (Fsp3) is 0.588. The van der Waals surface area contributed by atoms with Crippen molar-refractivity contribution < 1.29 is 9.18 Å². The van der Waals surface area contributed by atoms with Crippen LogP contribution >= 0.6 is 0 Å². The van der Waals surface area contributed by atoms with Gasteiger partial charge in [-0.3, -0.25) is 0 Å². The molecule has 1 aliphatic rings. The lowest BCUT2D eigenvalue weighted by Crippen LogP contribution is -2.41. The van der Waals surface area contributed by atoms with Gasteiger partial charge in [-0.1, -0.05) is 31.4 Å². The molecule has 1 fully saturated rings. The van der Waals surface area contributed by atoms with Crippen LogP contribution in [-0.4, -0.2) is 31.1 Å². The van der Waals surface area contributed by atoms with Gasteiger partial charge in [-0.15, -0.1) is 0 Å². The molecule has 116 valence electrons. The van der Waals surface area contributed by atoms with E-state index in [-0.39, 0.29) is 11.8 Å². The number of nitrogens with one attached hydrogen (secondary N) is 1. The number of amides is 2. The van der Waals surface area contributed by atoms with E-state index in [9.17, 15) is 9.18 Å². The Balaban J connectivity index is 1.68. The quantitative estimate of drug-likeness (QED) is 0.883. The Morgan fingerprint density at radius 2 is 2.10 bits per heavy atom. The number of benzene rings is 1. The summed E-state index contributed by atoms with van der Waals surface area (Å²) in [5.41, 5.74) is 0.908. The minimum Gasteiger partial charge on any atom is -0.338 e. The standard InChI is InChI=1S/C17H25FN2O/c1-20(13-15-6-3-2-4-7-15)17(21)19-11-10-14-8-5-9-16(18)12-14/h5,8-9,12,15H,2-4,6-7,10-11,13H2,1H3,(H,19,21). The molecule has 0 bridgehead atoms. The normalized spacial score (nSPS) is 15.7. The number of hydrogen-bond acceptors (Lipinski definition) is 1. The highest BCUT2D eigenvalue weighted by Gasteiger charge is 2.17. The van der Waals surface area contributed by atoms with Gasteiger partial charge in [0, 0.05) is 20.1 Å². The maximum atomic E-state index is 13.0. The van der Waals surface area contributed by atoms with Crippen LogP contribution in [0.3, 0.4) is 0 Å². The van der Waals surface area contributed by atoms with Gasteiger partial charge in [0.25, 0.3) is 0 Å². The van der Waals surface area contributed by atoms with Gasteiger partial charge in [0.1, 0.15) is 5.82 Å². The summed E-state index contributed by atoms with van der Waals surface area (Å²) in [4.78, 5) is 13.8. The van der Waals surface area contributed by atoms with Crippen molar-refractivity contribution in [3.63, 3.8) is 0 Å². The largest absolute Gasteiger partial charge is 0.338 e. The molecular formula is C17H25FN2O. The Morgan fingerprint density at radius 3 is 2.81 bits per heavy atom. The molecule has 0 spiro atoms. The van der Waals surface area contributed by atoms with E-state index >= 15 is 0 Å². The average Bonchev–Trinajstić information content (AvgIpc) is 2.48. The Labute approximate surface area is 126 Å². The number of halogens is 1. The minimum absolute atomic E-state index is 0.0306. The van der Waals surface area contributed by atoms with Crippen molar-refractivity contribution in [2.45, 2.75) is 38.5 Å². The van der Waals surface area contributed by atoms with E-state index in [1.54, 1.807) is 11.0 Å². The molecule has 1 saturated carbocycles. The van der Waals surface area contributed by atoms with E-state index in [0.29, 0.717) is 18.9 Å². The molecule has 0 atom stereocenters. The monoisotopic (exact) mass is 292 g/mol. The lowest BCUT2D eigenvalue weighted by Gasteiger charge is -2.27. The number of hydrogen-bond donors (Lipinski definition) is 1. The van der Waals surface area contributed by atoms with Crippen LogP contribution in [0.2, 0.25) is 0 Å². The van der Waals surface area contributed by atoms with Crippen LogP contribution in [-0.2, 0) is 6.42 Å². The van der Waals surface area contributed by atoms with Crippen LogP contribution < -0.4 is 5.32 Å². The third-order valence-electron chi connectivity index (χ3n) is 4.18. The van der Waals surface area contributed by atoms with E-state index in [4.69, 9.17) is 0 Å². The highest BCUT2D eigenvalue weighted by molar-refractivity contribution is 5.73. The molecule has 21 heavy (non-hydrogen) atoms. The number of rotatable bonds is 5. The van der Waals surface area contributed by atoms with Crippen molar-refractivity contribution in [3.05, 3.63) is 35.6 Å². The Bertz CT molecular complexity index is 458. The smallest absolute Gasteiger partial charge is 0.317 e. The summed E-state index contributed by atoms with van der Waals surface area (Å²) < 4.78 is 13.0. The lowest BCUT2D eigenvalue weighted by molar-refractivity contribution is 0.192. The molecule has 1 aromatic rings. The van der Waals surface area contributed by atoms with Crippen molar-refractivity contribution >= 4 is 6.03 Å². The van der Waals surface area contributed by atoms with Crippen molar-refractivity contribution in [3.8, 4) is 0 Å². The molecule has 0 saturated heterocycles. The number of urea groups is 1. The molecule has 1 aliphatic carbocycles. The molecule has 1 aromatic carbocycles. The van der Waals surface area contributed by atoms with E-state index in [1.165, 1.54) is 44.2 Å². The zero-order valence-corrected chi connectivity index (χ0v) is 12.8. The third-order valence-corrected chi connectivity index (χ3v) is 4.18. The van der Waals surface area contributed by atoms with Crippen LogP contribution in [0.5, 0.6) is 0 Å². The SMILES string of the molecule is CN(CC1CCCCC1)C(=O)NCCc1cccc(F)c1. The summed E-state index contributed by atoms with van der Waals surface area (Å²) in [6, 6.07) is 6.48. The number of carbonyl (C=O) groups excluding carboxylic acids is 1. The molecule has 0 aliphatic heterocycles. The zero-order chi connectivity index (χ0) is 15.1. The van der Waals surface area contributed by atoms with Gasteiger partial charge in [-0.05, 0) is 42.9 Å². The van der Waals surface area contributed by atoms with Gasteiger partial charge in [0.2, 0.25) is 0 Å². The van der Waals surface area contributed by atoms with E-state index in [0.717, 1.165) is 12.1 Å². The molecule has 0 heterocycles. The van der Waals surface area contributed by atoms with E-state index in [1.807, 2.05) is 13.1 Å². The minimum atomic E-state index is -0.228. The predicted octanol–water partition coefficient (Wildman–Crippen LogP) is 3.59. The fourth-order valence-electron chi connectivity index (χ4n) is 2.98. The van der Waals surface area contributed by atoms with Gasteiger partial charge in [0.15, 0.2) is 0 Å². The summed E-state index contributed by atoms with van der Waals surface area (Å²) in [7, 11) is 1.85. The Morgan fingerprint density at radius 1 is 1.33 bits per heavy atom. The molecule has 4 heteroatoms. The number of nitrogens with zero attached hydrogens (tertiary/aromatic N) is 1. The summed E-state index contributed by atoms with van der Waals surface area (Å²) in [5.74, 6) is 0.422. The van der Waals surface area contributed by atoms with E-state index < -0.39 is 0 Å². The highest BCUT2D eigenvalue weighted by atomic mass is 19.1. The first-order chi connectivity index (χ1) is 10.1. The van der Waals surface area contributed by atoms with Gasteiger partial charge in [-0.25, -0.2) is 9.18 Å². The maximum Gasteiger partial charge on any atom is 0.317 e. The maximum absolute atomic E-state index is 13.0. The van der Waals surface area contributed by atoms with Gasteiger partial charge in [-0.2, -0.15) is 0 Å². The van der Waals surface area contributed by atoms with Crippen LogP contribution in [0, 0.1) is 11.7 Å². The predicted molar refractivity (Wildman–Crippen MR) is 82.7 cm³/mol. The second-order valence-electron chi connectivity index (χ2n) is 6.00. The van der Waals surface area contributed by atoms with Crippen LogP contribution in [0.25, 0.3) is 0 Å². The van der Waals surface area contributed by atoms with Crippen LogP contribution in [0.1, 0.15) is 37.7 Å². The summed E-state index contributed by atoms with van der Waals surface area (Å²) in [6.45, 7) is 1.38. The first-order valence-electron chi connectivity index (χ1n) is 7.88. The van der Waals surface area contributed by atoms with E-state index in [2.05, 4.69) is 5.32 Å². The molecule has 2 rings (SSSR count). The molecule has 0 aromatic heterocycles.